The minimum Gasteiger partial charge on any atom is -0.394 e. The van der Waals surface area contributed by atoms with Crippen LogP contribution in [0.2, 0.25) is 0 Å². The van der Waals surface area contributed by atoms with Crippen LogP contribution in [0.15, 0.2) is 29.6 Å². The van der Waals surface area contributed by atoms with E-state index in [0.717, 1.165) is 4.88 Å². The molecular formula is C10H7F2NS. The predicted molar refractivity (Wildman–Crippen MR) is 54.1 cm³/mol. The Hall–Kier alpha value is -1.42. The van der Waals surface area contributed by atoms with Crippen molar-refractivity contribution >= 4 is 17.0 Å². The van der Waals surface area contributed by atoms with E-state index in [9.17, 15) is 8.78 Å². The van der Waals surface area contributed by atoms with Crippen molar-refractivity contribution in [1.82, 2.24) is 0 Å². The lowest BCUT2D eigenvalue weighted by atomic mass is 10.1. The van der Waals surface area contributed by atoms with Crippen LogP contribution < -0.4 is 5.73 Å². The summed E-state index contributed by atoms with van der Waals surface area (Å²) in [6.07, 6.45) is 0. The summed E-state index contributed by atoms with van der Waals surface area (Å²) in [5.74, 6) is -1.41. The Kier molecular flexibility index (Phi) is 2.21. The zero-order chi connectivity index (χ0) is 10.1. The molecule has 1 aromatic carbocycles. The molecule has 0 aliphatic carbocycles. The number of hydrogen-bond donors (Lipinski definition) is 1. The van der Waals surface area contributed by atoms with Gasteiger partial charge in [-0.15, -0.1) is 11.3 Å². The van der Waals surface area contributed by atoms with Crippen LogP contribution in [0.25, 0.3) is 10.4 Å². The lowest BCUT2D eigenvalue weighted by molar-refractivity contribution is 0.594. The van der Waals surface area contributed by atoms with E-state index < -0.39 is 17.3 Å². The topological polar surface area (TPSA) is 26.0 Å². The smallest absolute Gasteiger partial charge is 0.157 e. The molecule has 14 heavy (non-hydrogen) atoms. The normalized spacial score (nSPS) is 10.4. The molecule has 72 valence electrons. The van der Waals surface area contributed by atoms with Crippen molar-refractivity contribution in [2.45, 2.75) is 0 Å². The standard InChI is InChI=1S/C10H7F2NS/c11-7-4-3-6(9(12)10(7)13)8-2-1-5-14-8/h1-5H,13H2. The van der Waals surface area contributed by atoms with Crippen LogP contribution in [0.5, 0.6) is 0 Å². The second kappa shape index (κ2) is 3.38. The Morgan fingerprint density at radius 2 is 1.93 bits per heavy atom. The van der Waals surface area contributed by atoms with Crippen molar-refractivity contribution in [2.24, 2.45) is 0 Å². The molecular weight excluding hydrogens is 204 g/mol. The molecule has 1 heterocycles. The van der Waals surface area contributed by atoms with Crippen LogP contribution in [0.4, 0.5) is 14.5 Å². The summed E-state index contributed by atoms with van der Waals surface area (Å²) < 4.78 is 26.3. The highest BCUT2D eigenvalue weighted by Crippen LogP contribution is 2.30. The van der Waals surface area contributed by atoms with Crippen molar-refractivity contribution in [3.63, 3.8) is 0 Å². The molecule has 2 rings (SSSR count). The Balaban J connectivity index is 2.61. The van der Waals surface area contributed by atoms with Gasteiger partial charge in [-0.25, -0.2) is 8.78 Å². The Bertz CT molecular complexity index is 451. The van der Waals surface area contributed by atoms with Crippen LogP contribution in [0.3, 0.4) is 0 Å². The van der Waals surface area contributed by atoms with Crippen LogP contribution >= 0.6 is 11.3 Å². The first-order chi connectivity index (χ1) is 6.70. The molecule has 0 aliphatic rings. The minimum atomic E-state index is -0.720. The molecule has 1 aromatic heterocycles. The minimum absolute atomic E-state index is 0.346. The first kappa shape index (κ1) is 9.15. The average Bonchev–Trinajstić information content (AvgIpc) is 2.67. The van der Waals surface area contributed by atoms with Crippen LogP contribution in [-0.2, 0) is 0 Å². The maximum atomic E-state index is 13.5. The fourth-order valence-corrected chi connectivity index (χ4v) is 1.94. The number of rotatable bonds is 1. The summed E-state index contributed by atoms with van der Waals surface area (Å²) in [7, 11) is 0. The maximum absolute atomic E-state index is 13.5. The van der Waals surface area contributed by atoms with Gasteiger partial charge in [0.2, 0.25) is 0 Å². The zero-order valence-electron chi connectivity index (χ0n) is 7.13. The van der Waals surface area contributed by atoms with Gasteiger partial charge in [-0.05, 0) is 23.6 Å². The molecule has 0 saturated heterocycles. The largest absolute Gasteiger partial charge is 0.394 e. The third kappa shape index (κ3) is 1.37. The molecule has 0 amide bonds. The molecule has 4 heteroatoms. The third-order valence-corrected chi connectivity index (χ3v) is 2.82. The van der Waals surface area contributed by atoms with Crippen molar-refractivity contribution in [3.05, 3.63) is 41.3 Å². The molecule has 0 bridgehead atoms. The lowest BCUT2D eigenvalue weighted by Crippen LogP contribution is -1.96. The summed E-state index contributed by atoms with van der Waals surface area (Å²) in [5.41, 5.74) is 5.17. The Morgan fingerprint density at radius 3 is 2.57 bits per heavy atom. The third-order valence-electron chi connectivity index (χ3n) is 1.91. The van der Waals surface area contributed by atoms with Crippen molar-refractivity contribution in [2.75, 3.05) is 5.73 Å². The van der Waals surface area contributed by atoms with Gasteiger partial charge in [-0.2, -0.15) is 0 Å². The number of anilines is 1. The van der Waals surface area contributed by atoms with Gasteiger partial charge in [0.15, 0.2) is 5.82 Å². The first-order valence-corrected chi connectivity index (χ1v) is 4.85. The second-order valence-electron chi connectivity index (χ2n) is 2.80. The van der Waals surface area contributed by atoms with Gasteiger partial charge in [0.25, 0.3) is 0 Å². The molecule has 0 aliphatic heterocycles. The first-order valence-electron chi connectivity index (χ1n) is 3.97. The van der Waals surface area contributed by atoms with Gasteiger partial charge in [-0.3, -0.25) is 0 Å². The summed E-state index contributed by atoms with van der Waals surface area (Å²) >= 11 is 1.39. The monoisotopic (exact) mass is 211 g/mol. The fourth-order valence-electron chi connectivity index (χ4n) is 1.19. The molecule has 0 unspecified atom stereocenters. The molecule has 0 fully saturated rings. The zero-order valence-corrected chi connectivity index (χ0v) is 7.94. The van der Waals surface area contributed by atoms with Gasteiger partial charge in [0, 0.05) is 10.4 Å². The lowest BCUT2D eigenvalue weighted by Gasteiger charge is -2.03. The maximum Gasteiger partial charge on any atom is 0.157 e. The molecule has 0 spiro atoms. The van der Waals surface area contributed by atoms with Crippen LogP contribution in [0, 0.1) is 11.6 Å². The number of thiophene rings is 1. The fraction of sp³-hybridized carbons (Fsp3) is 0. The number of benzene rings is 1. The van der Waals surface area contributed by atoms with Crippen molar-refractivity contribution in [1.29, 1.82) is 0 Å². The highest BCUT2D eigenvalue weighted by molar-refractivity contribution is 7.13. The van der Waals surface area contributed by atoms with E-state index >= 15 is 0 Å². The van der Waals surface area contributed by atoms with Gasteiger partial charge < -0.3 is 5.73 Å². The second-order valence-corrected chi connectivity index (χ2v) is 3.75. The summed E-state index contributed by atoms with van der Waals surface area (Å²) in [5, 5.41) is 1.83. The van der Waals surface area contributed by atoms with Gasteiger partial charge >= 0.3 is 0 Å². The number of halogens is 2. The van der Waals surface area contributed by atoms with E-state index in [2.05, 4.69) is 0 Å². The van der Waals surface area contributed by atoms with Gasteiger partial charge in [0.1, 0.15) is 11.5 Å². The van der Waals surface area contributed by atoms with E-state index in [-0.39, 0.29) is 0 Å². The molecule has 0 radical (unpaired) electrons. The number of nitrogen functional groups attached to an aromatic ring is 1. The molecule has 0 saturated carbocycles. The molecule has 1 nitrogen and oxygen atoms in total. The van der Waals surface area contributed by atoms with E-state index in [1.165, 1.54) is 23.5 Å². The summed E-state index contributed by atoms with van der Waals surface area (Å²) in [6, 6.07) is 6.14. The van der Waals surface area contributed by atoms with E-state index in [1.54, 1.807) is 12.1 Å². The summed E-state index contributed by atoms with van der Waals surface area (Å²) in [6.45, 7) is 0. The van der Waals surface area contributed by atoms with Crippen LogP contribution in [-0.4, -0.2) is 0 Å². The quantitative estimate of drug-likeness (QED) is 0.720. The molecule has 2 N–H and O–H groups in total. The van der Waals surface area contributed by atoms with E-state index in [0.29, 0.717) is 5.56 Å². The van der Waals surface area contributed by atoms with E-state index in [4.69, 9.17) is 5.73 Å². The Labute approximate surface area is 83.8 Å². The SMILES string of the molecule is Nc1c(F)ccc(-c2cccs2)c1F. The highest BCUT2D eigenvalue weighted by Gasteiger charge is 2.12. The van der Waals surface area contributed by atoms with E-state index in [1.807, 2.05) is 5.38 Å². The summed E-state index contributed by atoms with van der Waals surface area (Å²) in [4.78, 5) is 0.745. The number of nitrogens with two attached hydrogens (primary N) is 1. The highest BCUT2D eigenvalue weighted by atomic mass is 32.1. The van der Waals surface area contributed by atoms with Crippen molar-refractivity contribution in [3.8, 4) is 10.4 Å². The average molecular weight is 211 g/mol. The number of hydrogen-bond acceptors (Lipinski definition) is 2. The molecule has 0 atom stereocenters. The Morgan fingerprint density at radius 1 is 1.14 bits per heavy atom. The van der Waals surface area contributed by atoms with Crippen LogP contribution in [0.1, 0.15) is 0 Å². The van der Waals surface area contributed by atoms with Gasteiger partial charge in [-0.1, -0.05) is 6.07 Å². The predicted octanol–water partition coefficient (Wildman–Crippen LogP) is 3.28. The molecule has 2 aromatic rings. The van der Waals surface area contributed by atoms with Crippen molar-refractivity contribution < 1.29 is 8.78 Å². The van der Waals surface area contributed by atoms with Gasteiger partial charge in [0.05, 0.1) is 0 Å².